The second-order valence-electron chi connectivity index (χ2n) is 6.99. The number of phenolic OH excluding ortho intramolecular Hbond substituents is 1. The summed E-state index contributed by atoms with van der Waals surface area (Å²) in [5.41, 5.74) is 1.51. The van der Waals surface area contributed by atoms with Crippen LogP contribution >= 0.6 is 0 Å². The molecule has 0 aromatic heterocycles. The van der Waals surface area contributed by atoms with Crippen molar-refractivity contribution in [2.24, 2.45) is 0 Å². The molecule has 1 fully saturated rings. The molecule has 1 amide bonds. The number of piperazine rings is 1. The molecule has 7 nitrogen and oxygen atoms in total. The number of ketones is 1. The molecule has 29 heavy (non-hydrogen) atoms. The molecule has 1 aliphatic rings. The third kappa shape index (κ3) is 4.33. The van der Waals surface area contributed by atoms with E-state index >= 15 is 0 Å². The van der Waals surface area contributed by atoms with Crippen molar-refractivity contribution >= 4 is 21.7 Å². The maximum atomic E-state index is 12.9. The first kappa shape index (κ1) is 21.0. The van der Waals surface area contributed by atoms with Gasteiger partial charge in [0.25, 0.3) is 5.91 Å². The van der Waals surface area contributed by atoms with Crippen molar-refractivity contribution in [1.82, 2.24) is 9.21 Å². The van der Waals surface area contributed by atoms with E-state index in [-0.39, 0.29) is 54.1 Å². The van der Waals surface area contributed by atoms with Crippen molar-refractivity contribution in [3.05, 3.63) is 59.2 Å². The molecule has 154 valence electrons. The van der Waals surface area contributed by atoms with E-state index < -0.39 is 10.0 Å². The van der Waals surface area contributed by atoms with Crippen LogP contribution in [0.5, 0.6) is 5.75 Å². The lowest BCUT2D eigenvalue weighted by Gasteiger charge is -2.34. The normalized spacial score (nSPS) is 15.3. The molecule has 1 heterocycles. The van der Waals surface area contributed by atoms with Crippen molar-refractivity contribution in [3.63, 3.8) is 0 Å². The number of hydrogen-bond donors (Lipinski definition) is 1. The molecule has 0 aliphatic carbocycles. The fraction of sp³-hybridized carbons (Fsp3) is 0.333. The summed E-state index contributed by atoms with van der Waals surface area (Å²) in [6.07, 6.45) is 0.742. The van der Waals surface area contributed by atoms with E-state index in [1.165, 1.54) is 29.4 Å². The summed E-state index contributed by atoms with van der Waals surface area (Å²) in [6, 6.07) is 10.9. The van der Waals surface area contributed by atoms with Crippen LogP contribution < -0.4 is 0 Å². The average Bonchev–Trinajstić information content (AvgIpc) is 2.73. The number of nitrogens with zero attached hydrogens (tertiary/aromatic N) is 2. The summed E-state index contributed by atoms with van der Waals surface area (Å²) in [5.74, 6) is -0.594. The Balaban J connectivity index is 1.74. The van der Waals surface area contributed by atoms with Crippen LogP contribution in [-0.2, 0) is 16.4 Å². The Labute approximate surface area is 170 Å². The molecule has 0 radical (unpaired) electrons. The number of Topliss-reactive ketones (excluding diaryl/α,β-unsaturated/α-hetero) is 1. The van der Waals surface area contributed by atoms with E-state index in [1.807, 2.05) is 6.92 Å². The number of carbonyl (C=O) groups is 2. The minimum absolute atomic E-state index is 0.0678. The van der Waals surface area contributed by atoms with Crippen molar-refractivity contribution in [1.29, 1.82) is 0 Å². The second-order valence-corrected chi connectivity index (χ2v) is 8.92. The first-order valence-corrected chi connectivity index (χ1v) is 10.9. The third-order valence-electron chi connectivity index (χ3n) is 5.10. The first-order chi connectivity index (χ1) is 13.7. The molecular weight excluding hydrogens is 392 g/mol. The van der Waals surface area contributed by atoms with E-state index in [0.717, 1.165) is 12.0 Å². The molecule has 1 aliphatic heterocycles. The summed E-state index contributed by atoms with van der Waals surface area (Å²) in [4.78, 5) is 26.0. The van der Waals surface area contributed by atoms with Crippen LogP contribution in [0, 0.1) is 0 Å². The van der Waals surface area contributed by atoms with Gasteiger partial charge in [-0.05, 0) is 43.2 Å². The maximum absolute atomic E-state index is 12.9. The van der Waals surface area contributed by atoms with Crippen LogP contribution in [0.3, 0.4) is 0 Å². The molecule has 2 aromatic rings. The molecule has 3 rings (SSSR count). The molecule has 0 bridgehead atoms. The largest absolute Gasteiger partial charge is 0.507 e. The number of sulfonamides is 1. The summed E-state index contributed by atoms with van der Waals surface area (Å²) in [6.45, 7) is 4.09. The molecule has 2 aromatic carbocycles. The third-order valence-corrected chi connectivity index (χ3v) is 7.00. The highest BCUT2D eigenvalue weighted by molar-refractivity contribution is 7.89. The van der Waals surface area contributed by atoms with E-state index in [0.29, 0.717) is 5.56 Å². The second kappa shape index (κ2) is 8.34. The SMILES string of the molecule is CCc1ccc(O)c(C(=O)N2CCN(S(=O)(=O)c3cccc(C(C)=O)c3)CC2)c1. The number of hydrogen-bond acceptors (Lipinski definition) is 5. The Kier molecular flexibility index (Phi) is 6.04. The molecule has 1 N–H and O–H groups in total. The number of aromatic hydroxyl groups is 1. The van der Waals surface area contributed by atoms with E-state index in [1.54, 1.807) is 29.2 Å². The number of aryl methyl sites for hydroxylation is 1. The van der Waals surface area contributed by atoms with Gasteiger partial charge in [0.1, 0.15) is 5.75 Å². The Morgan fingerprint density at radius 2 is 1.72 bits per heavy atom. The Morgan fingerprint density at radius 1 is 1.03 bits per heavy atom. The topological polar surface area (TPSA) is 95.0 Å². The Morgan fingerprint density at radius 3 is 2.34 bits per heavy atom. The molecule has 0 saturated carbocycles. The van der Waals surface area contributed by atoms with E-state index in [2.05, 4.69) is 0 Å². The zero-order valence-corrected chi connectivity index (χ0v) is 17.3. The minimum atomic E-state index is -3.76. The summed E-state index contributed by atoms with van der Waals surface area (Å²) in [5, 5.41) is 10.1. The van der Waals surface area contributed by atoms with Gasteiger partial charge in [-0.25, -0.2) is 8.42 Å². The van der Waals surface area contributed by atoms with Gasteiger partial charge in [-0.15, -0.1) is 0 Å². The Hall–Kier alpha value is -2.71. The number of phenols is 1. The Bertz CT molecular complexity index is 1040. The average molecular weight is 416 g/mol. The van der Waals surface area contributed by atoms with Crippen LogP contribution in [0.4, 0.5) is 0 Å². The zero-order valence-electron chi connectivity index (χ0n) is 16.5. The monoisotopic (exact) mass is 416 g/mol. The predicted octanol–water partition coefficient (Wildman–Crippen LogP) is 2.30. The fourth-order valence-electron chi connectivity index (χ4n) is 3.30. The molecule has 8 heteroatoms. The van der Waals surface area contributed by atoms with Gasteiger partial charge in [-0.1, -0.05) is 25.1 Å². The first-order valence-electron chi connectivity index (χ1n) is 9.46. The van der Waals surface area contributed by atoms with Crippen LogP contribution in [-0.4, -0.2) is 60.6 Å². The van der Waals surface area contributed by atoms with Gasteiger partial charge in [0, 0.05) is 31.7 Å². The number of rotatable bonds is 5. The molecule has 0 unspecified atom stereocenters. The maximum Gasteiger partial charge on any atom is 0.257 e. The highest BCUT2D eigenvalue weighted by Crippen LogP contribution is 2.23. The minimum Gasteiger partial charge on any atom is -0.507 e. The van der Waals surface area contributed by atoms with Gasteiger partial charge in [0.05, 0.1) is 10.5 Å². The highest BCUT2D eigenvalue weighted by Gasteiger charge is 2.31. The summed E-state index contributed by atoms with van der Waals surface area (Å²) in [7, 11) is -3.76. The molecule has 0 spiro atoms. The fourth-order valence-corrected chi connectivity index (χ4v) is 4.77. The van der Waals surface area contributed by atoms with Crippen LogP contribution in [0.15, 0.2) is 47.4 Å². The number of amides is 1. The van der Waals surface area contributed by atoms with Gasteiger partial charge in [0.15, 0.2) is 5.78 Å². The van der Waals surface area contributed by atoms with Gasteiger partial charge < -0.3 is 10.0 Å². The summed E-state index contributed by atoms with van der Waals surface area (Å²) >= 11 is 0. The van der Waals surface area contributed by atoms with Gasteiger partial charge in [-0.3, -0.25) is 9.59 Å². The van der Waals surface area contributed by atoms with Crippen molar-refractivity contribution < 1.29 is 23.1 Å². The predicted molar refractivity (Wildman–Crippen MR) is 109 cm³/mol. The highest BCUT2D eigenvalue weighted by atomic mass is 32.2. The smallest absolute Gasteiger partial charge is 0.257 e. The van der Waals surface area contributed by atoms with Crippen LogP contribution in [0.1, 0.15) is 40.1 Å². The molecule has 1 saturated heterocycles. The zero-order chi connectivity index (χ0) is 21.2. The molecular formula is C21H24N2O5S. The lowest BCUT2D eigenvalue weighted by atomic mass is 10.1. The van der Waals surface area contributed by atoms with Gasteiger partial charge >= 0.3 is 0 Å². The quantitative estimate of drug-likeness (QED) is 0.755. The lowest BCUT2D eigenvalue weighted by Crippen LogP contribution is -2.50. The van der Waals surface area contributed by atoms with E-state index in [4.69, 9.17) is 0 Å². The van der Waals surface area contributed by atoms with Crippen LogP contribution in [0.25, 0.3) is 0 Å². The van der Waals surface area contributed by atoms with Crippen molar-refractivity contribution in [3.8, 4) is 5.75 Å². The van der Waals surface area contributed by atoms with E-state index in [9.17, 15) is 23.1 Å². The molecule has 0 atom stereocenters. The summed E-state index contributed by atoms with van der Waals surface area (Å²) < 4.78 is 27.2. The number of carbonyl (C=O) groups excluding carboxylic acids is 2. The van der Waals surface area contributed by atoms with Gasteiger partial charge in [0.2, 0.25) is 10.0 Å². The van der Waals surface area contributed by atoms with Gasteiger partial charge in [-0.2, -0.15) is 4.31 Å². The van der Waals surface area contributed by atoms with Crippen molar-refractivity contribution in [2.75, 3.05) is 26.2 Å². The number of benzene rings is 2. The standard InChI is InChI=1S/C21H24N2O5S/c1-3-16-7-8-20(25)19(13-16)21(26)22-9-11-23(12-10-22)29(27,28)18-6-4-5-17(14-18)15(2)24/h4-8,13-14,25H,3,9-12H2,1-2H3. The lowest BCUT2D eigenvalue weighted by molar-refractivity contribution is 0.0694. The van der Waals surface area contributed by atoms with Crippen molar-refractivity contribution in [2.45, 2.75) is 25.2 Å². The van der Waals surface area contributed by atoms with Crippen LogP contribution in [0.2, 0.25) is 0 Å².